The van der Waals surface area contributed by atoms with E-state index in [4.69, 9.17) is 10.2 Å². The summed E-state index contributed by atoms with van der Waals surface area (Å²) in [6.07, 6.45) is -0.672. The van der Waals surface area contributed by atoms with Crippen molar-refractivity contribution >= 4 is 17.8 Å². The van der Waals surface area contributed by atoms with Crippen LogP contribution in [0.15, 0.2) is 4.99 Å². The smallest absolute Gasteiger partial charge is 0.862 e. The van der Waals surface area contributed by atoms with E-state index in [0.29, 0.717) is 0 Å². The molecule has 0 saturated carbocycles. The van der Waals surface area contributed by atoms with Crippen molar-refractivity contribution in [3.8, 4) is 0 Å². The number of rotatable bonds is 4. The van der Waals surface area contributed by atoms with Crippen LogP contribution in [-0.4, -0.2) is 34.1 Å². The molecule has 0 fully saturated rings. The van der Waals surface area contributed by atoms with Gasteiger partial charge in [-0.05, 0) is 12.8 Å². The standard InChI is InChI=1S/C6H9NO5.Li/c1-3(8)7-4(6(11)12)2-5(9)10;/h4H,2H2,1H3,(H,7,8)(H,9,10)(H,11,12);/q;+1/p-1/t4-;/m0./s1. The molecular formula is C6H8LiNO5. The number of carboxylic acid groups (broad SMARTS) is 2. The van der Waals surface area contributed by atoms with Gasteiger partial charge < -0.3 is 15.3 Å². The molecule has 1 atom stereocenters. The fraction of sp³-hybridized carbons (Fsp3) is 0.500. The van der Waals surface area contributed by atoms with Gasteiger partial charge in [0.15, 0.2) is 6.04 Å². The summed E-state index contributed by atoms with van der Waals surface area (Å²) in [6.45, 7) is 1.07. The molecule has 0 aromatic rings. The first-order valence-corrected chi connectivity index (χ1v) is 3.09. The van der Waals surface area contributed by atoms with Crippen LogP contribution < -0.4 is 24.0 Å². The largest absolute Gasteiger partial charge is 1.00 e. The van der Waals surface area contributed by atoms with Gasteiger partial charge in [0.1, 0.15) is 0 Å². The van der Waals surface area contributed by atoms with Crippen LogP contribution in [0.25, 0.3) is 0 Å². The van der Waals surface area contributed by atoms with E-state index < -0.39 is 30.3 Å². The Morgan fingerprint density at radius 2 is 1.92 bits per heavy atom. The second-order valence-corrected chi connectivity index (χ2v) is 2.10. The summed E-state index contributed by atoms with van der Waals surface area (Å²) in [5, 5.41) is 26.9. The Bertz CT molecular complexity index is 223. The van der Waals surface area contributed by atoms with E-state index in [-0.39, 0.29) is 18.9 Å². The number of hydrogen-bond donors (Lipinski definition) is 2. The van der Waals surface area contributed by atoms with Gasteiger partial charge in [-0.25, -0.2) is 4.79 Å². The van der Waals surface area contributed by atoms with Gasteiger partial charge in [0, 0.05) is 0 Å². The van der Waals surface area contributed by atoms with Gasteiger partial charge in [0.05, 0.1) is 6.42 Å². The molecule has 0 aliphatic carbocycles. The fourth-order valence-electron chi connectivity index (χ4n) is 0.573. The molecule has 0 aliphatic rings. The monoisotopic (exact) mass is 181 g/mol. The third kappa shape index (κ3) is 7.37. The van der Waals surface area contributed by atoms with Crippen LogP contribution in [0.1, 0.15) is 13.3 Å². The topological polar surface area (TPSA) is 110 Å². The van der Waals surface area contributed by atoms with Gasteiger partial charge in [0.25, 0.3) is 0 Å². The maximum Gasteiger partial charge on any atom is 1.00 e. The zero-order valence-electron chi connectivity index (χ0n) is 7.35. The van der Waals surface area contributed by atoms with Crippen molar-refractivity contribution in [1.29, 1.82) is 0 Å². The Morgan fingerprint density at radius 1 is 1.46 bits per heavy atom. The van der Waals surface area contributed by atoms with Crippen LogP contribution in [0, 0.1) is 0 Å². The van der Waals surface area contributed by atoms with E-state index in [1.807, 2.05) is 0 Å². The molecule has 2 N–H and O–H groups in total. The van der Waals surface area contributed by atoms with Crippen LogP contribution in [0.3, 0.4) is 0 Å². The summed E-state index contributed by atoms with van der Waals surface area (Å²) in [7, 11) is 0. The zero-order valence-corrected chi connectivity index (χ0v) is 7.35. The van der Waals surface area contributed by atoms with E-state index >= 15 is 0 Å². The van der Waals surface area contributed by atoms with Gasteiger partial charge >= 0.3 is 30.8 Å². The Morgan fingerprint density at radius 3 is 2.15 bits per heavy atom. The van der Waals surface area contributed by atoms with E-state index in [1.165, 1.54) is 0 Å². The molecule has 0 heterocycles. The molecule has 0 bridgehead atoms. The minimum Gasteiger partial charge on any atom is -0.862 e. The molecule has 0 aromatic heterocycles. The van der Waals surface area contributed by atoms with Gasteiger partial charge in [-0.3, -0.25) is 9.79 Å². The first kappa shape index (κ1) is 14.5. The third-order valence-electron chi connectivity index (χ3n) is 0.991. The molecule has 0 saturated heterocycles. The molecule has 6 nitrogen and oxygen atoms in total. The zero-order chi connectivity index (χ0) is 9.72. The van der Waals surface area contributed by atoms with Crippen molar-refractivity contribution < 1.29 is 43.8 Å². The predicted molar refractivity (Wildman–Crippen MR) is 36.8 cm³/mol. The first-order chi connectivity index (χ1) is 5.43. The quantitative estimate of drug-likeness (QED) is 0.259. The number of nitrogens with zero attached hydrogens (tertiary/aromatic N) is 1. The molecular weight excluding hydrogens is 173 g/mol. The minimum atomic E-state index is -1.47. The summed E-state index contributed by atoms with van der Waals surface area (Å²) in [5.41, 5.74) is 0. The molecule has 0 amide bonds. The van der Waals surface area contributed by atoms with Crippen molar-refractivity contribution in [1.82, 2.24) is 0 Å². The van der Waals surface area contributed by atoms with Crippen molar-refractivity contribution in [3.05, 3.63) is 0 Å². The summed E-state index contributed by atoms with van der Waals surface area (Å²) in [6, 6.07) is -1.47. The second kappa shape index (κ2) is 6.52. The maximum absolute atomic E-state index is 10.3. The van der Waals surface area contributed by atoms with E-state index in [0.717, 1.165) is 6.92 Å². The maximum atomic E-state index is 10.3. The van der Waals surface area contributed by atoms with Crippen LogP contribution in [-0.2, 0) is 9.59 Å². The Kier molecular flexibility index (Phi) is 7.28. The third-order valence-corrected chi connectivity index (χ3v) is 0.991. The minimum absolute atomic E-state index is 0. The van der Waals surface area contributed by atoms with Crippen LogP contribution in [0.5, 0.6) is 0 Å². The number of carboxylic acids is 2. The average molecular weight is 181 g/mol. The summed E-state index contributed by atoms with van der Waals surface area (Å²) in [4.78, 5) is 23.4. The molecule has 0 rings (SSSR count). The molecule has 7 heteroatoms. The fourth-order valence-corrected chi connectivity index (χ4v) is 0.573. The molecule has 0 aliphatic heterocycles. The number of aliphatic carboxylic acids is 2. The Balaban J connectivity index is 0. The van der Waals surface area contributed by atoms with Crippen LogP contribution in [0.4, 0.5) is 0 Å². The molecule has 0 spiro atoms. The summed E-state index contributed by atoms with van der Waals surface area (Å²) in [5.74, 6) is -3.40. The van der Waals surface area contributed by atoms with Crippen molar-refractivity contribution in [3.63, 3.8) is 0 Å². The molecule has 0 aromatic carbocycles. The Hall–Kier alpha value is -0.993. The van der Waals surface area contributed by atoms with Crippen molar-refractivity contribution in [2.45, 2.75) is 19.4 Å². The SMILES string of the molecule is CC([O-])=N[C@@H](CC(=O)O)C(=O)O.[Li+]. The Labute approximate surface area is 86.5 Å². The van der Waals surface area contributed by atoms with Crippen molar-refractivity contribution in [2.24, 2.45) is 4.99 Å². The molecule has 13 heavy (non-hydrogen) atoms. The molecule has 0 unspecified atom stereocenters. The summed E-state index contributed by atoms with van der Waals surface area (Å²) < 4.78 is 0. The van der Waals surface area contributed by atoms with E-state index in [1.54, 1.807) is 0 Å². The van der Waals surface area contributed by atoms with Gasteiger partial charge in [-0.15, -0.1) is 0 Å². The van der Waals surface area contributed by atoms with Gasteiger partial charge in [-0.2, -0.15) is 0 Å². The number of carbonyl (C=O) groups is 2. The normalized spacial score (nSPS) is 12.8. The average Bonchev–Trinajstić information content (AvgIpc) is 1.83. The van der Waals surface area contributed by atoms with Crippen molar-refractivity contribution in [2.75, 3.05) is 0 Å². The van der Waals surface area contributed by atoms with Gasteiger partial charge in [-0.1, -0.05) is 0 Å². The summed E-state index contributed by atoms with van der Waals surface area (Å²) >= 11 is 0. The van der Waals surface area contributed by atoms with Gasteiger partial charge in [0.2, 0.25) is 0 Å². The van der Waals surface area contributed by atoms with E-state index in [2.05, 4.69) is 4.99 Å². The second-order valence-electron chi connectivity index (χ2n) is 2.10. The number of hydrogen-bond acceptors (Lipinski definition) is 4. The van der Waals surface area contributed by atoms with Crippen LogP contribution in [0.2, 0.25) is 0 Å². The van der Waals surface area contributed by atoms with Crippen LogP contribution >= 0.6 is 0 Å². The predicted octanol–water partition coefficient (Wildman–Crippen LogP) is -4.30. The molecule has 68 valence electrons. The number of aliphatic imine (C=N–C) groups is 1. The molecule has 0 radical (unpaired) electrons. The van der Waals surface area contributed by atoms with E-state index in [9.17, 15) is 14.7 Å². The first-order valence-electron chi connectivity index (χ1n) is 3.09.